The zero-order valence-electron chi connectivity index (χ0n) is 14.6. The highest BCUT2D eigenvalue weighted by atomic mass is 19.1. The molecule has 0 spiro atoms. The summed E-state index contributed by atoms with van der Waals surface area (Å²) >= 11 is 0. The SMILES string of the molecule is CN(CCCC=O)c1ccc(B2OC(C)(C)C(C)(C)O2)c(F)c1. The second kappa shape index (κ2) is 6.61. The number of aldehydes is 1. The van der Waals surface area contributed by atoms with Crippen LogP contribution in [0.3, 0.4) is 0 Å². The van der Waals surface area contributed by atoms with Gasteiger partial charge in [0, 0.05) is 31.2 Å². The van der Waals surface area contributed by atoms with Crippen LogP contribution in [-0.4, -0.2) is 38.2 Å². The van der Waals surface area contributed by atoms with Gasteiger partial charge in [0.1, 0.15) is 12.1 Å². The largest absolute Gasteiger partial charge is 0.497 e. The lowest BCUT2D eigenvalue weighted by Gasteiger charge is -2.32. The minimum Gasteiger partial charge on any atom is -0.399 e. The Hall–Kier alpha value is -1.40. The summed E-state index contributed by atoms with van der Waals surface area (Å²) in [6.07, 6.45) is 2.16. The first kappa shape index (κ1) is 18.0. The van der Waals surface area contributed by atoms with Crippen molar-refractivity contribution in [3.8, 4) is 0 Å². The minimum atomic E-state index is -0.700. The Bertz CT molecular complexity index is 561. The molecule has 2 rings (SSSR count). The molecule has 0 unspecified atom stereocenters. The molecular weight excluding hydrogens is 296 g/mol. The number of halogens is 1. The molecule has 0 bridgehead atoms. The molecule has 0 aliphatic carbocycles. The summed E-state index contributed by atoms with van der Waals surface area (Å²) in [5.41, 5.74) is 0.199. The van der Waals surface area contributed by atoms with Gasteiger partial charge in [0.05, 0.1) is 11.2 Å². The van der Waals surface area contributed by atoms with Crippen molar-refractivity contribution in [3.05, 3.63) is 24.0 Å². The molecule has 1 aliphatic rings. The number of hydrogen-bond acceptors (Lipinski definition) is 4. The fraction of sp³-hybridized carbons (Fsp3) is 0.588. The summed E-state index contributed by atoms with van der Waals surface area (Å²) in [5, 5.41) is 0. The Morgan fingerprint density at radius 1 is 1.22 bits per heavy atom. The average Bonchev–Trinajstić information content (AvgIpc) is 2.67. The maximum atomic E-state index is 14.5. The lowest BCUT2D eigenvalue weighted by Crippen LogP contribution is -2.41. The molecule has 4 nitrogen and oxygen atoms in total. The van der Waals surface area contributed by atoms with Crippen LogP contribution in [0.5, 0.6) is 0 Å². The predicted molar refractivity (Wildman–Crippen MR) is 90.7 cm³/mol. The molecule has 1 fully saturated rings. The molecule has 0 N–H and O–H groups in total. The van der Waals surface area contributed by atoms with E-state index < -0.39 is 18.3 Å². The zero-order valence-corrected chi connectivity index (χ0v) is 14.6. The lowest BCUT2D eigenvalue weighted by molar-refractivity contribution is -0.107. The molecule has 0 aromatic heterocycles. The third-order valence-electron chi connectivity index (χ3n) is 4.75. The van der Waals surface area contributed by atoms with Gasteiger partial charge in [-0.05, 0) is 46.2 Å². The van der Waals surface area contributed by atoms with Gasteiger partial charge in [-0.3, -0.25) is 0 Å². The lowest BCUT2D eigenvalue weighted by atomic mass is 9.78. The first-order valence-corrected chi connectivity index (χ1v) is 7.98. The normalized spacial score (nSPS) is 19.0. The van der Waals surface area contributed by atoms with Crippen LogP contribution in [0.15, 0.2) is 18.2 Å². The van der Waals surface area contributed by atoms with E-state index in [1.807, 2.05) is 45.7 Å². The van der Waals surface area contributed by atoms with Gasteiger partial charge in [-0.15, -0.1) is 0 Å². The molecule has 1 aromatic carbocycles. The second-order valence-corrected chi connectivity index (χ2v) is 7.02. The van der Waals surface area contributed by atoms with Gasteiger partial charge < -0.3 is 19.0 Å². The first-order valence-electron chi connectivity index (χ1n) is 7.98. The summed E-state index contributed by atoms with van der Waals surface area (Å²) in [5.74, 6) is -0.344. The molecule has 0 atom stereocenters. The molecule has 1 aromatic rings. The van der Waals surface area contributed by atoms with Crippen molar-refractivity contribution in [2.45, 2.75) is 51.7 Å². The Morgan fingerprint density at radius 3 is 2.35 bits per heavy atom. The van der Waals surface area contributed by atoms with E-state index in [2.05, 4.69) is 0 Å². The summed E-state index contributed by atoms with van der Waals surface area (Å²) in [6.45, 7) is 8.48. The van der Waals surface area contributed by atoms with Crippen molar-refractivity contribution < 1.29 is 18.5 Å². The third-order valence-corrected chi connectivity index (χ3v) is 4.75. The van der Waals surface area contributed by atoms with Gasteiger partial charge in [-0.25, -0.2) is 4.39 Å². The fourth-order valence-electron chi connectivity index (χ4n) is 2.46. The smallest absolute Gasteiger partial charge is 0.399 e. The first-order chi connectivity index (χ1) is 10.7. The van der Waals surface area contributed by atoms with Gasteiger partial charge in [-0.1, -0.05) is 6.07 Å². The van der Waals surface area contributed by atoms with E-state index in [9.17, 15) is 9.18 Å². The third kappa shape index (κ3) is 3.75. The number of carbonyl (C=O) groups excluding carboxylic acids is 1. The average molecular weight is 321 g/mol. The Balaban J connectivity index is 2.13. The maximum Gasteiger partial charge on any atom is 0.497 e. The number of benzene rings is 1. The molecule has 6 heteroatoms. The van der Waals surface area contributed by atoms with Crippen LogP contribution in [0.4, 0.5) is 10.1 Å². The highest BCUT2D eigenvalue weighted by Gasteiger charge is 2.52. The van der Waals surface area contributed by atoms with E-state index in [0.29, 0.717) is 18.4 Å². The van der Waals surface area contributed by atoms with Crippen molar-refractivity contribution in [2.24, 2.45) is 0 Å². The predicted octanol–water partition coefficient (Wildman–Crippen LogP) is 2.54. The van der Waals surface area contributed by atoms with Crippen LogP contribution >= 0.6 is 0 Å². The van der Waals surface area contributed by atoms with Gasteiger partial charge in [0.15, 0.2) is 0 Å². The van der Waals surface area contributed by atoms with Crippen molar-refractivity contribution in [1.82, 2.24) is 0 Å². The summed E-state index contributed by atoms with van der Waals surface area (Å²) < 4.78 is 26.3. The van der Waals surface area contributed by atoms with Crippen LogP contribution in [0.2, 0.25) is 0 Å². The molecule has 0 amide bonds. The Labute approximate surface area is 138 Å². The Morgan fingerprint density at radius 2 is 1.83 bits per heavy atom. The topological polar surface area (TPSA) is 38.8 Å². The van der Waals surface area contributed by atoms with Crippen LogP contribution in [0, 0.1) is 5.82 Å². The van der Waals surface area contributed by atoms with Crippen molar-refractivity contribution >= 4 is 24.6 Å². The van der Waals surface area contributed by atoms with E-state index in [1.54, 1.807) is 6.07 Å². The minimum absolute atomic E-state index is 0.344. The van der Waals surface area contributed by atoms with E-state index >= 15 is 0 Å². The van der Waals surface area contributed by atoms with Gasteiger partial charge >= 0.3 is 7.12 Å². The standard InChI is InChI=1S/C17H25BFNO3/c1-16(2)17(3,4)23-18(22-16)14-9-8-13(12-15(14)19)20(5)10-6-7-11-21/h8-9,11-12H,6-7,10H2,1-5H3. The van der Waals surface area contributed by atoms with Gasteiger partial charge in [-0.2, -0.15) is 0 Å². The van der Waals surface area contributed by atoms with E-state index in [0.717, 1.165) is 18.4 Å². The summed E-state index contributed by atoms with van der Waals surface area (Å²) in [6, 6.07) is 5.05. The quantitative estimate of drug-likeness (QED) is 0.458. The summed E-state index contributed by atoms with van der Waals surface area (Å²) in [4.78, 5) is 12.3. The van der Waals surface area contributed by atoms with Crippen LogP contribution in [0.1, 0.15) is 40.5 Å². The molecule has 1 heterocycles. The fourth-order valence-corrected chi connectivity index (χ4v) is 2.46. The zero-order chi connectivity index (χ0) is 17.3. The number of anilines is 1. The molecule has 126 valence electrons. The van der Waals surface area contributed by atoms with Crippen molar-refractivity contribution in [3.63, 3.8) is 0 Å². The number of hydrogen-bond donors (Lipinski definition) is 0. The molecular formula is C17H25BFNO3. The van der Waals surface area contributed by atoms with E-state index in [-0.39, 0.29) is 5.82 Å². The summed E-state index contributed by atoms with van der Waals surface area (Å²) in [7, 11) is 1.18. The molecule has 23 heavy (non-hydrogen) atoms. The maximum absolute atomic E-state index is 14.5. The van der Waals surface area contributed by atoms with Crippen molar-refractivity contribution in [2.75, 3.05) is 18.5 Å². The Kier molecular flexibility index (Phi) is 5.16. The van der Waals surface area contributed by atoms with Gasteiger partial charge in [0.25, 0.3) is 0 Å². The van der Waals surface area contributed by atoms with Gasteiger partial charge in [0.2, 0.25) is 0 Å². The number of unbranched alkanes of at least 4 members (excludes halogenated alkanes) is 1. The highest BCUT2D eigenvalue weighted by molar-refractivity contribution is 6.62. The van der Waals surface area contributed by atoms with E-state index in [1.165, 1.54) is 6.07 Å². The molecule has 1 aliphatic heterocycles. The number of rotatable bonds is 6. The second-order valence-electron chi connectivity index (χ2n) is 7.02. The van der Waals surface area contributed by atoms with Crippen LogP contribution < -0.4 is 10.4 Å². The molecule has 0 saturated carbocycles. The molecule has 1 saturated heterocycles. The number of carbonyl (C=O) groups is 1. The monoisotopic (exact) mass is 321 g/mol. The number of nitrogens with zero attached hydrogens (tertiary/aromatic N) is 1. The molecule has 0 radical (unpaired) electrons. The van der Waals surface area contributed by atoms with Crippen LogP contribution in [-0.2, 0) is 14.1 Å². The van der Waals surface area contributed by atoms with Crippen molar-refractivity contribution in [1.29, 1.82) is 0 Å². The van der Waals surface area contributed by atoms with E-state index in [4.69, 9.17) is 9.31 Å². The highest BCUT2D eigenvalue weighted by Crippen LogP contribution is 2.36. The van der Waals surface area contributed by atoms with Crippen LogP contribution in [0.25, 0.3) is 0 Å².